The van der Waals surface area contributed by atoms with E-state index in [-0.39, 0.29) is 0 Å². The van der Waals surface area contributed by atoms with Crippen LogP contribution in [0.15, 0.2) is 64.3 Å². The third-order valence-electron chi connectivity index (χ3n) is 4.69. The first-order valence-corrected chi connectivity index (χ1v) is 9.30. The van der Waals surface area contributed by atoms with E-state index in [9.17, 15) is 4.79 Å². The highest BCUT2D eigenvalue weighted by Crippen LogP contribution is 2.36. The van der Waals surface area contributed by atoms with Crippen molar-refractivity contribution in [2.45, 2.75) is 19.9 Å². The molecule has 3 N–H and O–H groups in total. The molecule has 1 aliphatic heterocycles. The van der Waals surface area contributed by atoms with Gasteiger partial charge in [0.25, 0.3) is 0 Å². The van der Waals surface area contributed by atoms with Crippen LogP contribution in [0.25, 0.3) is 11.4 Å². The van der Waals surface area contributed by atoms with Gasteiger partial charge in [-0.3, -0.25) is 4.79 Å². The number of hydrogen-bond acceptors (Lipinski definition) is 4. The Bertz CT molecular complexity index is 1070. The fraction of sp³-hybridized carbons (Fsp3) is 0.150. The number of rotatable bonds is 3. The molecule has 0 fully saturated rings. The van der Waals surface area contributed by atoms with E-state index >= 15 is 0 Å². The van der Waals surface area contributed by atoms with Gasteiger partial charge in [0.15, 0.2) is 5.82 Å². The second-order valence-electron chi connectivity index (χ2n) is 6.50. The summed E-state index contributed by atoms with van der Waals surface area (Å²) in [6, 6.07) is 15.3. The Kier molecular flexibility index (Phi) is 4.31. The summed E-state index contributed by atoms with van der Waals surface area (Å²) < 4.78 is 2.69. The summed E-state index contributed by atoms with van der Waals surface area (Å²) in [6.07, 6.45) is 0. The summed E-state index contributed by atoms with van der Waals surface area (Å²) in [5.74, 6) is 0.714. The average molecular weight is 424 g/mol. The Labute approximate surface area is 165 Å². The van der Waals surface area contributed by atoms with E-state index in [2.05, 4.69) is 26.2 Å². The van der Waals surface area contributed by atoms with Gasteiger partial charge in [0.2, 0.25) is 11.9 Å². The van der Waals surface area contributed by atoms with Gasteiger partial charge in [-0.15, -0.1) is 5.10 Å². The van der Waals surface area contributed by atoms with Crippen molar-refractivity contribution >= 4 is 27.8 Å². The smallest absolute Gasteiger partial charge is 0.248 e. The SMILES string of the molecule is CC1=C(C(N)=O)C(c2ccc(Br)cc2)n2nc(-c3ccccc3C)nc2N1. The lowest BCUT2D eigenvalue weighted by molar-refractivity contribution is -0.115. The first kappa shape index (κ1) is 17.5. The van der Waals surface area contributed by atoms with Crippen molar-refractivity contribution in [1.82, 2.24) is 14.8 Å². The van der Waals surface area contributed by atoms with Crippen molar-refractivity contribution in [2.24, 2.45) is 5.73 Å². The zero-order valence-electron chi connectivity index (χ0n) is 14.9. The summed E-state index contributed by atoms with van der Waals surface area (Å²) in [4.78, 5) is 16.9. The summed E-state index contributed by atoms with van der Waals surface area (Å²) >= 11 is 3.45. The fourth-order valence-electron chi connectivity index (χ4n) is 3.36. The van der Waals surface area contributed by atoms with Crippen LogP contribution in [0, 0.1) is 6.92 Å². The largest absolute Gasteiger partial charge is 0.366 e. The number of carbonyl (C=O) groups is 1. The number of fused-ring (bicyclic) bond motifs is 1. The molecule has 0 spiro atoms. The first-order valence-electron chi connectivity index (χ1n) is 8.51. The van der Waals surface area contributed by atoms with Crippen LogP contribution >= 0.6 is 15.9 Å². The molecule has 0 saturated heterocycles. The quantitative estimate of drug-likeness (QED) is 0.670. The average Bonchev–Trinajstić information content (AvgIpc) is 3.04. The van der Waals surface area contributed by atoms with Crippen molar-refractivity contribution in [3.8, 4) is 11.4 Å². The Morgan fingerprint density at radius 3 is 2.52 bits per heavy atom. The van der Waals surface area contributed by atoms with Crippen LogP contribution in [0.4, 0.5) is 5.95 Å². The normalized spacial score (nSPS) is 16.0. The van der Waals surface area contributed by atoms with Gasteiger partial charge in [0, 0.05) is 15.7 Å². The number of allylic oxidation sites excluding steroid dienone is 1. The van der Waals surface area contributed by atoms with Gasteiger partial charge in [-0.2, -0.15) is 4.98 Å². The lowest BCUT2D eigenvalue weighted by Crippen LogP contribution is -2.31. The molecular weight excluding hydrogens is 406 g/mol. The number of primary amides is 1. The van der Waals surface area contributed by atoms with Crippen molar-refractivity contribution in [1.29, 1.82) is 0 Å². The minimum atomic E-state index is -0.480. The molecule has 136 valence electrons. The van der Waals surface area contributed by atoms with Crippen LogP contribution in [-0.4, -0.2) is 20.7 Å². The van der Waals surface area contributed by atoms with Gasteiger partial charge >= 0.3 is 0 Å². The number of nitrogens with two attached hydrogens (primary N) is 1. The summed E-state index contributed by atoms with van der Waals surface area (Å²) in [7, 11) is 0. The maximum atomic E-state index is 12.2. The molecule has 7 heteroatoms. The molecule has 0 saturated carbocycles. The van der Waals surface area contributed by atoms with Gasteiger partial charge in [-0.1, -0.05) is 52.3 Å². The minimum absolute atomic E-state index is 0.433. The first-order chi connectivity index (χ1) is 13.0. The summed E-state index contributed by atoms with van der Waals surface area (Å²) in [5, 5.41) is 7.89. The van der Waals surface area contributed by atoms with Crippen molar-refractivity contribution in [2.75, 3.05) is 5.32 Å². The zero-order valence-corrected chi connectivity index (χ0v) is 16.5. The number of benzene rings is 2. The molecule has 2 heterocycles. The molecule has 27 heavy (non-hydrogen) atoms. The maximum Gasteiger partial charge on any atom is 0.248 e. The van der Waals surface area contributed by atoms with Gasteiger partial charge < -0.3 is 11.1 Å². The third-order valence-corrected chi connectivity index (χ3v) is 5.22. The molecule has 0 aliphatic carbocycles. The molecule has 1 aromatic heterocycles. The lowest BCUT2D eigenvalue weighted by Gasteiger charge is -2.27. The second-order valence-corrected chi connectivity index (χ2v) is 7.42. The van der Waals surface area contributed by atoms with E-state index in [1.165, 1.54) is 0 Å². The van der Waals surface area contributed by atoms with Crippen LogP contribution in [0.2, 0.25) is 0 Å². The van der Waals surface area contributed by atoms with Crippen LogP contribution in [-0.2, 0) is 4.79 Å². The number of aryl methyl sites for hydroxylation is 1. The standard InChI is InChI=1S/C20H18BrN5O/c1-11-5-3-4-6-15(11)19-24-20-23-12(2)16(18(22)27)17(26(20)25-19)13-7-9-14(21)10-8-13/h3-10,17H,1-2H3,(H2,22,27)(H,23,24,25). The Hall–Kier alpha value is -2.93. The molecule has 2 aromatic carbocycles. The Balaban J connectivity index is 1.90. The monoisotopic (exact) mass is 423 g/mol. The van der Waals surface area contributed by atoms with Gasteiger partial charge in [-0.25, -0.2) is 4.68 Å². The van der Waals surface area contributed by atoms with E-state index in [1.807, 2.05) is 62.4 Å². The Morgan fingerprint density at radius 1 is 1.15 bits per heavy atom. The number of nitrogens with one attached hydrogen (secondary N) is 1. The highest BCUT2D eigenvalue weighted by atomic mass is 79.9. The predicted molar refractivity (Wildman–Crippen MR) is 108 cm³/mol. The number of aromatic nitrogens is 3. The van der Waals surface area contributed by atoms with E-state index in [0.29, 0.717) is 23.0 Å². The van der Waals surface area contributed by atoms with Crippen molar-refractivity contribution in [3.63, 3.8) is 0 Å². The second kappa shape index (κ2) is 6.66. The number of nitrogens with zero attached hydrogens (tertiary/aromatic N) is 3. The molecule has 0 radical (unpaired) electrons. The van der Waals surface area contributed by atoms with Crippen LogP contribution in [0.1, 0.15) is 24.1 Å². The topological polar surface area (TPSA) is 85.8 Å². The molecule has 1 atom stereocenters. The third kappa shape index (κ3) is 3.04. The van der Waals surface area contributed by atoms with Gasteiger partial charge in [0.05, 0.1) is 5.57 Å². The number of halogens is 1. The highest BCUT2D eigenvalue weighted by molar-refractivity contribution is 9.10. The molecule has 1 amide bonds. The summed E-state index contributed by atoms with van der Waals surface area (Å²) in [6.45, 7) is 3.85. The van der Waals surface area contributed by atoms with E-state index < -0.39 is 11.9 Å². The van der Waals surface area contributed by atoms with Gasteiger partial charge in [-0.05, 0) is 37.1 Å². The molecular formula is C20H18BrN5O. The maximum absolute atomic E-state index is 12.2. The predicted octanol–water partition coefficient (Wildman–Crippen LogP) is 3.79. The lowest BCUT2D eigenvalue weighted by atomic mass is 9.95. The molecule has 6 nitrogen and oxygen atoms in total. The molecule has 1 aliphatic rings. The van der Waals surface area contributed by atoms with Crippen LogP contribution < -0.4 is 11.1 Å². The number of carbonyl (C=O) groups excluding carboxylic acids is 1. The number of amides is 1. The van der Waals surface area contributed by atoms with Gasteiger partial charge in [0.1, 0.15) is 6.04 Å². The van der Waals surface area contributed by atoms with E-state index in [4.69, 9.17) is 10.8 Å². The minimum Gasteiger partial charge on any atom is -0.366 e. The zero-order chi connectivity index (χ0) is 19.1. The van der Waals surface area contributed by atoms with E-state index in [1.54, 1.807) is 4.68 Å². The van der Waals surface area contributed by atoms with Crippen molar-refractivity contribution in [3.05, 3.63) is 75.4 Å². The molecule has 3 aromatic rings. The molecule has 0 bridgehead atoms. The van der Waals surface area contributed by atoms with Crippen LogP contribution in [0.3, 0.4) is 0 Å². The molecule has 4 rings (SSSR count). The van der Waals surface area contributed by atoms with E-state index in [0.717, 1.165) is 21.2 Å². The molecule has 1 unspecified atom stereocenters. The number of anilines is 1. The number of hydrogen-bond donors (Lipinski definition) is 2. The summed E-state index contributed by atoms with van der Waals surface area (Å²) in [5.41, 5.74) is 9.82. The van der Waals surface area contributed by atoms with Crippen molar-refractivity contribution < 1.29 is 4.79 Å². The fourth-order valence-corrected chi connectivity index (χ4v) is 3.63. The van der Waals surface area contributed by atoms with Crippen LogP contribution in [0.5, 0.6) is 0 Å². The highest BCUT2D eigenvalue weighted by Gasteiger charge is 2.33. The Morgan fingerprint density at radius 2 is 1.85 bits per heavy atom.